The molecule has 0 saturated carbocycles. The first-order valence-electron chi connectivity index (χ1n) is 9.28. The number of nitrogens with zero attached hydrogens (tertiary/aromatic N) is 2. The molecule has 1 N–H and O–H groups in total. The van der Waals surface area contributed by atoms with Gasteiger partial charge in [-0.1, -0.05) is 72.0 Å². The van der Waals surface area contributed by atoms with Crippen molar-refractivity contribution in [2.24, 2.45) is 4.99 Å². The van der Waals surface area contributed by atoms with Crippen LogP contribution < -0.4 is 0 Å². The summed E-state index contributed by atoms with van der Waals surface area (Å²) in [6.45, 7) is 2.51. The summed E-state index contributed by atoms with van der Waals surface area (Å²) in [7, 11) is 0. The lowest BCUT2D eigenvalue weighted by molar-refractivity contribution is -0.147. The number of aliphatic imine (C=N–C) groups is 1. The highest BCUT2D eigenvalue weighted by Gasteiger charge is 2.27. The minimum Gasteiger partial charge on any atom is -0.493 e. The summed E-state index contributed by atoms with van der Waals surface area (Å²) in [5.74, 6) is -0.487. The van der Waals surface area contributed by atoms with Crippen LogP contribution in [0.15, 0.2) is 65.7 Å². The number of aromatic hydroxyl groups is 1. The molecule has 0 amide bonds. The van der Waals surface area contributed by atoms with Gasteiger partial charge in [0, 0.05) is 12.6 Å². The summed E-state index contributed by atoms with van der Waals surface area (Å²) >= 11 is 6.67. The summed E-state index contributed by atoms with van der Waals surface area (Å²) in [4.78, 5) is 17.6. The van der Waals surface area contributed by atoms with E-state index < -0.39 is 12.0 Å². The smallest absolute Gasteiger partial charge is 0.329 e. The van der Waals surface area contributed by atoms with Gasteiger partial charge in [0.15, 0.2) is 3.95 Å². The molecule has 0 aliphatic heterocycles. The van der Waals surface area contributed by atoms with Gasteiger partial charge < -0.3 is 9.84 Å². The van der Waals surface area contributed by atoms with Crippen molar-refractivity contribution < 1.29 is 14.6 Å². The van der Waals surface area contributed by atoms with Gasteiger partial charge in [-0.15, -0.1) is 0 Å². The van der Waals surface area contributed by atoms with Crippen LogP contribution in [-0.2, 0) is 22.5 Å². The van der Waals surface area contributed by atoms with Crippen molar-refractivity contribution in [3.63, 3.8) is 0 Å². The van der Waals surface area contributed by atoms with Crippen LogP contribution in [-0.4, -0.2) is 28.5 Å². The fourth-order valence-corrected chi connectivity index (χ4v) is 4.23. The second-order valence-electron chi connectivity index (χ2n) is 6.34. The van der Waals surface area contributed by atoms with Gasteiger partial charge in [-0.3, -0.25) is 9.56 Å². The van der Waals surface area contributed by atoms with Gasteiger partial charge >= 0.3 is 5.97 Å². The molecule has 1 aromatic heterocycles. The molecular weight excluding hydrogens is 404 g/mol. The highest BCUT2D eigenvalue weighted by Crippen LogP contribution is 2.31. The number of thiazole rings is 1. The van der Waals surface area contributed by atoms with Crippen molar-refractivity contribution in [2.75, 3.05) is 6.61 Å². The summed E-state index contributed by atoms with van der Waals surface area (Å²) in [6, 6.07) is 18.7. The Hall–Kier alpha value is -2.77. The summed E-state index contributed by atoms with van der Waals surface area (Å²) in [5.41, 5.74) is 2.03. The van der Waals surface area contributed by atoms with Crippen molar-refractivity contribution in [1.82, 2.24) is 4.57 Å². The normalized spacial score (nSPS) is 12.2. The number of hydrogen-bond acceptors (Lipinski definition) is 6. The monoisotopic (exact) mass is 426 g/mol. The molecule has 1 heterocycles. The van der Waals surface area contributed by atoms with E-state index in [9.17, 15) is 9.90 Å². The lowest BCUT2D eigenvalue weighted by atomic mass is 10.1. The summed E-state index contributed by atoms with van der Waals surface area (Å²) in [6.07, 6.45) is 1.98. The van der Waals surface area contributed by atoms with Gasteiger partial charge in [0.05, 0.1) is 13.2 Å². The quantitative estimate of drug-likeness (QED) is 0.314. The van der Waals surface area contributed by atoms with E-state index in [2.05, 4.69) is 4.99 Å². The molecule has 150 valence electrons. The Labute approximate surface area is 178 Å². The first kappa shape index (κ1) is 21.0. The lowest BCUT2D eigenvalue weighted by Gasteiger charge is -2.18. The van der Waals surface area contributed by atoms with E-state index >= 15 is 0 Å². The van der Waals surface area contributed by atoms with E-state index in [1.54, 1.807) is 13.1 Å². The third kappa shape index (κ3) is 5.40. The van der Waals surface area contributed by atoms with Crippen LogP contribution in [0.4, 0.5) is 0 Å². The third-order valence-corrected chi connectivity index (χ3v) is 5.64. The zero-order valence-electron chi connectivity index (χ0n) is 16.0. The Morgan fingerprint density at radius 1 is 1.17 bits per heavy atom. The highest BCUT2D eigenvalue weighted by atomic mass is 32.1. The van der Waals surface area contributed by atoms with Gasteiger partial charge in [-0.2, -0.15) is 0 Å². The third-order valence-electron chi connectivity index (χ3n) is 4.31. The minimum absolute atomic E-state index is 0.0641. The summed E-state index contributed by atoms with van der Waals surface area (Å²) in [5, 5.41) is 10.8. The first-order chi connectivity index (χ1) is 14.1. The molecule has 5 nitrogen and oxygen atoms in total. The van der Waals surface area contributed by atoms with Gasteiger partial charge in [0.25, 0.3) is 0 Å². The number of carbonyl (C=O) groups is 1. The van der Waals surface area contributed by atoms with Crippen LogP contribution in [0.1, 0.15) is 29.0 Å². The first-order valence-corrected chi connectivity index (χ1v) is 10.5. The zero-order valence-corrected chi connectivity index (χ0v) is 17.7. The van der Waals surface area contributed by atoms with E-state index in [0.29, 0.717) is 21.8 Å². The molecule has 3 rings (SSSR count). The van der Waals surface area contributed by atoms with Gasteiger partial charge in [-0.05, 0) is 30.3 Å². The zero-order chi connectivity index (χ0) is 20.6. The Bertz CT molecular complexity index is 1030. The Morgan fingerprint density at radius 2 is 1.79 bits per heavy atom. The number of aromatic nitrogens is 1. The van der Waals surface area contributed by atoms with E-state index in [-0.39, 0.29) is 12.5 Å². The van der Waals surface area contributed by atoms with Crippen molar-refractivity contribution in [2.45, 2.75) is 25.9 Å². The van der Waals surface area contributed by atoms with Crippen LogP contribution in [0.2, 0.25) is 0 Å². The average Bonchev–Trinajstić information content (AvgIpc) is 3.01. The molecular formula is C22H22N2O3S2. The van der Waals surface area contributed by atoms with E-state index in [4.69, 9.17) is 17.0 Å². The minimum atomic E-state index is -0.739. The number of carbonyl (C=O) groups excluding carboxylic acids is 1. The molecule has 29 heavy (non-hydrogen) atoms. The van der Waals surface area contributed by atoms with E-state index in [1.807, 2.05) is 60.7 Å². The van der Waals surface area contributed by atoms with Crippen molar-refractivity contribution in [1.29, 1.82) is 0 Å². The Balaban J connectivity index is 1.88. The van der Waals surface area contributed by atoms with Crippen LogP contribution in [0.3, 0.4) is 0 Å². The Kier molecular flexibility index (Phi) is 7.32. The molecule has 0 spiro atoms. The highest BCUT2D eigenvalue weighted by molar-refractivity contribution is 7.73. The van der Waals surface area contributed by atoms with E-state index in [0.717, 1.165) is 11.1 Å². The van der Waals surface area contributed by atoms with Gasteiger partial charge in [0.2, 0.25) is 5.88 Å². The number of esters is 1. The number of benzene rings is 2. The van der Waals surface area contributed by atoms with Gasteiger partial charge in [0.1, 0.15) is 10.9 Å². The predicted octanol–water partition coefficient (Wildman–Crippen LogP) is 4.95. The fourth-order valence-electron chi connectivity index (χ4n) is 2.93. The lowest BCUT2D eigenvalue weighted by Crippen LogP contribution is -2.24. The number of hydrogen-bond donors (Lipinski definition) is 1. The molecule has 0 fully saturated rings. The van der Waals surface area contributed by atoms with E-state index in [1.165, 1.54) is 15.9 Å². The molecule has 2 aromatic carbocycles. The molecule has 0 unspecified atom stereocenters. The van der Waals surface area contributed by atoms with Crippen LogP contribution >= 0.6 is 23.6 Å². The Morgan fingerprint density at radius 3 is 2.41 bits per heavy atom. The molecule has 7 heteroatoms. The maximum Gasteiger partial charge on any atom is 0.329 e. The van der Waals surface area contributed by atoms with Crippen molar-refractivity contribution >= 4 is 35.7 Å². The molecule has 1 atom stereocenters. The number of rotatable bonds is 8. The van der Waals surface area contributed by atoms with Crippen LogP contribution in [0, 0.1) is 3.95 Å². The fraction of sp³-hybridized carbons (Fsp3) is 0.227. The molecule has 0 aliphatic rings. The molecule has 0 saturated heterocycles. The van der Waals surface area contributed by atoms with Crippen LogP contribution in [0.25, 0.3) is 0 Å². The maximum absolute atomic E-state index is 12.6. The van der Waals surface area contributed by atoms with Gasteiger partial charge in [-0.25, -0.2) is 4.79 Å². The van der Waals surface area contributed by atoms with Crippen molar-refractivity contribution in [3.8, 4) is 5.88 Å². The molecule has 0 radical (unpaired) electrons. The molecule has 0 bridgehead atoms. The largest absolute Gasteiger partial charge is 0.493 e. The SMILES string of the molecule is CCOC(=O)[C@@H](Cc1ccccc1)n1c(O)c(C=NCc2ccccc2)sc1=S. The number of ether oxygens (including phenoxy) is 1. The maximum atomic E-state index is 12.6. The standard InChI is InChI=1S/C22H22N2O3S2/c1-2-27-21(26)18(13-16-9-5-3-6-10-16)24-20(25)19(29-22(24)28)15-23-14-17-11-7-4-8-12-17/h3-12,15,18,25H,2,13-14H2,1H3/t18-/m1/s1. The molecule has 0 aliphatic carbocycles. The van der Waals surface area contributed by atoms with Crippen LogP contribution in [0.5, 0.6) is 5.88 Å². The summed E-state index contributed by atoms with van der Waals surface area (Å²) < 4.78 is 7.11. The average molecular weight is 427 g/mol. The predicted molar refractivity (Wildman–Crippen MR) is 118 cm³/mol. The van der Waals surface area contributed by atoms with Crippen molar-refractivity contribution in [3.05, 3.63) is 80.6 Å². The second-order valence-corrected chi connectivity index (χ2v) is 8.01. The topological polar surface area (TPSA) is 63.8 Å². The second kappa shape index (κ2) is 10.1. The molecule has 3 aromatic rings.